The number of esters is 1. The van der Waals surface area contributed by atoms with Gasteiger partial charge in [0.15, 0.2) is 6.61 Å². The molecule has 1 heterocycles. The maximum absolute atomic E-state index is 12.3. The summed E-state index contributed by atoms with van der Waals surface area (Å²) < 4.78 is 30.8. The van der Waals surface area contributed by atoms with E-state index in [1.807, 2.05) is 12.1 Å². The normalized spacial score (nSPS) is 10.9. The van der Waals surface area contributed by atoms with Gasteiger partial charge in [0, 0.05) is 33.1 Å². The minimum Gasteiger partial charge on any atom is -0.456 e. The molecule has 0 fully saturated rings. The summed E-state index contributed by atoms with van der Waals surface area (Å²) in [4.78, 5) is 25.1. The molecule has 0 aliphatic heterocycles. The monoisotopic (exact) mass is 426 g/mol. The van der Waals surface area contributed by atoms with Gasteiger partial charge in [0.05, 0.1) is 25.0 Å². The zero-order valence-corrected chi connectivity index (χ0v) is 17.2. The molecule has 0 aliphatic carbocycles. The molecule has 9 nitrogen and oxygen atoms in total. The molecule has 0 saturated heterocycles. The summed E-state index contributed by atoms with van der Waals surface area (Å²) in [6, 6.07) is 7.00. The Morgan fingerprint density at radius 1 is 1.18 bits per heavy atom. The first-order valence-electron chi connectivity index (χ1n) is 8.50. The van der Waals surface area contributed by atoms with Crippen molar-refractivity contribution < 1.29 is 22.7 Å². The minimum absolute atomic E-state index is 0.0338. The predicted molar refractivity (Wildman–Crippen MR) is 101 cm³/mol. The van der Waals surface area contributed by atoms with Crippen LogP contribution in [0.1, 0.15) is 25.7 Å². The van der Waals surface area contributed by atoms with Crippen LogP contribution in [-0.2, 0) is 24.3 Å². The number of carbonyl (C=O) groups is 2. The molecule has 1 aromatic heterocycles. The van der Waals surface area contributed by atoms with Crippen LogP contribution < -0.4 is 0 Å². The Kier molecular flexibility index (Phi) is 10.2. The Morgan fingerprint density at radius 3 is 2.36 bits per heavy atom. The smallest absolute Gasteiger partial charge is 0.306 e. The van der Waals surface area contributed by atoms with E-state index in [9.17, 15) is 18.0 Å². The third-order valence-electron chi connectivity index (χ3n) is 3.71. The average molecular weight is 427 g/mol. The van der Waals surface area contributed by atoms with Crippen LogP contribution in [0.15, 0.2) is 21.7 Å². The van der Waals surface area contributed by atoms with Crippen molar-refractivity contribution >= 4 is 33.2 Å². The summed E-state index contributed by atoms with van der Waals surface area (Å²) in [5.41, 5.74) is 0. The number of rotatable bonds is 12. The van der Waals surface area contributed by atoms with E-state index in [0.717, 1.165) is 11.3 Å². The molecular formula is C17H22N4O5S2. The van der Waals surface area contributed by atoms with Crippen molar-refractivity contribution in [2.75, 3.05) is 33.3 Å². The Morgan fingerprint density at radius 2 is 1.82 bits per heavy atom. The van der Waals surface area contributed by atoms with Gasteiger partial charge >= 0.3 is 5.97 Å². The third-order valence-corrected chi connectivity index (χ3v) is 6.94. The topological polar surface area (TPSA) is 132 Å². The van der Waals surface area contributed by atoms with Gasteiger partial charge in [-0.05, 0) is 17.9 Å². The molecule has 0 atom stereocenters. The fourth-order valence-corrected chi connectivity index (χ4v) is 4.58. The van der Waals surface area contributed by atoms with Gasteiger partial charge in [-0.1, -0.05) is 6.07 Å². The van der Waals surface area contributed by atoms with Gasteiger partial charge in [-0.2, -0.15) is 10.5 Å². The van der Waals surface area contributed by atoms with Crippen LogP contribution >= 0.6 is 11.3 Å². The van der Waals surface area contributed by atoms with Gasteiger partial charge in [-0.15, -0.1) is 11.3 Å². The zero-order chi connectivity index (χ0) is 21.0. The lowest BCUT2D eigenvalue weighted by Crippen LogP contribution is -2.36. The van der Waals surface area contributed by atoms with Crippen LogP contribution in [-0.4, -0.2) is 62.8 Å². The fraction of sp³-hybridized carbons (Fsp3) is 0.529. The molecule has 1 rings (SSSR count). The summed E-state index contributed by atoms with van der Waals surface area (Å²) in [6.07, 6.45) is 0.459. The van der Waals surface area contributed by atoms with Crippen molar-refractivity contribution in [1.29, 1.82) is 10.5 Å². The molecule has 0 aliphatic rings. The largest absolute Gasteiger partial charge is 0.456 e. The lowest BCUT2D eigenvalue weighted by atomic mass is 10.3. The fourth-order valence-electron chi connectivity index (χ4n) is 2.17. The van der Waals surface area contributed by atoms with Gasteiger partial charge in [0.25, 0.3) is 15.9 Å². The molecule has 0 unspecified atom stereocenters. The Hall–Kier alpha value is -2.47. The maximum atomic E-state index is 12.3. The van der Waals surface area contributed by atoms with Gasteiger partial charge in [0.1, 0.15) is 4.21 Å². The molecule has 0 N–H and O–H groups in total. The van der Waals surface area contributed by atoms with Crippen molar-refractivity contribution in [1.82, 2.24) is 9.21 Å². The second-order valence-electron chi connectivity index (χ2n) is 5.72. The van der Waals surface area contributed by atoms with Crippen molar-refractivity contribution in [3.63, 3.8) is 0 Å². The van der Waals surface area contributed by atoms with E-state index >= 15 is 0 Å². The molecule has 1 amide bonds. The van der Waals surface area contributed by atoms with Crippen molar-refractivity contribution in [2.24, 2.45) is 0 Å². The number of hydrogen-bond donors (Lipinski definition) is 0. The molecule has 152 valence electrons. The van der Waals surface area contributed by atoms with Crippen molar-refractivity contribution in [3.05, 3.63) is 17.5 Å². The van der Waals surface area contributed by atoms with E-state index < -0.39 is 28.5 Å². The number of thiophene rings is 1. The van der Waals surface area contributed by atoms with Gasteiger partial charge in [-0.3, -0.25) is 9.59 Å². The Bertz CT molecular complexity index is 807. The SMILES string of the molecule is CN(CCCC(=O)OCC(=O)N(CCC#N)CCC#N)S(=O)(=O)c1cccs1. The van der Waals surface area contributed by atoms with Crippen LogP contribution in [0.3, 0.4) is 0 Å². The van der Waals surface area contributed by atoms with E-state index in [1.54, 1.807) is 11.4 Å². The van der Waals surface area contributed by atoms with E-state index in [4.69, 9.17) is 15.3 Å². The highest BCUT2D eigenvalue weighted by atomic mass is 32.2. The number of ether oxygens (including phenoxy) is 1. The first-order valence-corrected chi connectivity index (χ1v) is 10.8. The standard InChI is InChI=1S/C17H22N4O5S2/c1-20(28(24,25)17-7-3-13-27-17)10-2-6-16(23)26-14-15(22)21(11-4-8-18)12-5-9-19/h3,7,13H,2,4-6,10-12,14H2,1H3. The molecule has 0 saturated carbocycles. The number of hydrogen-bond acceptors (Lipinski definition) is 8. The Balaban J connectivity index is 2.38. The molecule has 0 spiro atoms. The van der Waals surface area contributed by atoms with E-state index in [2.05, 4.69) is 0 Å². The van der Waals surface area contributed by atoms with Crippen LogP contribution in [0.25, 0.3) is 0 Å². The molecule has 28 heavy (non-hydrogen) atoms. The zero-order valence-electron chi connectivity index (χ0n) is 15.5. The number of nitriles is 2. The third kappa shape index (κ3) is 7.64. The summed E-state index contributed by atoms with van der Waals surface area (Å²) in [7, 11) is -2.13. The van der Waals surface area contributed by atoms with Crippen molar-refractivity contribution in [3.8, 4) is 12.1 Å². The van der Waals surface area contributed by atoms with Crippen LogP contribution in [0.5, 0.6) is 0 Å². The van der Waals surface area contributed by atoms with Gasteiger partial charge in [-0.25, -0.2) is 12.7 Å². The van der Waals surface area contributed by atoms with E-state index in [0.29, 0.717) is 0 Å². The number of nitrogens with zero attached hydrogens (tertiary/aromatic N) is 4. The number of carbonyl (C=O) groups excluding carboxylic acids is 2. The summed E-state index contributed by atoms with van der Waals surface area (Å²) in [6.45, 7) is -0.00135. The summed E-state index contributed by atoms with van der Waals surface area (Å²) >= 11 is 1.12. The molecular weight excluding hydrogens is 404 g/mol. The average Bonchev–Trinajstić information content (AvgIpc) is 3.21. The maximum Gasteiger partial charge on any atom is 0.306 e. The minimum atomic E-state index is -3.56. The predicted octanol–water partition coefficient (Wildman–Crippen LogP) is 1.35. The molecule has 0 radical (unpaired) electrons. The first kappa shape index (κ1) is 23.6. The highest BCUT2D eigenvalue weighted by Crippen LogP contribution is 2.20. The molecule has 0 aromatic carbocycles. The number of amides is 1. The molecule has 11 heteroatoms. The quantitative estimate of drug-likeness (QED) is 0.461. The lowest BCUT2D eigenvalue weighted by molar-refractivity contribution is -0.152. The summed E-state index contributed by atoms with van der Waals surface area (Å²) in [5, 5.41) is 18.9. The Labute approximate surface area is 168 Å². The highest BCUT2D eigenvalue weighted by molar-refractivity contribution is 7.91. The van der Waals surface area contributed by atoms with Crippen LogP contribution in [0.4, 0.5) is 0 Å². The lowest BCUT2D eigenvalue weighted by Gasteiger charge is -2.20. The number of sulfonamides is 1. The summed E-state index contributed by atoms with van der Waals surface area (Å²) in [5.74, 6) is -1.09. The molecule has 0 bridgehead atoms. The van der Waals surface area contributed by atoms with Crippen molar-refractivity contribution in [2.45, 2.75) is 29.9 Å². The van der Waals surface area contributed by atoms with Crippen LogP contribution in [0, 0.1) is 22.7 Å². The second-order valence-corrected chi connectivity index (χ2v) is 8.94. The van der Waals surface area contributed by atoms with E-state index in [-0.39, 0.29) is 49.5 Å². The second kappa shape index (κ2) is 12.1. The van der Waals surface area contributed by atoms with Gasteiger partial charge in [0.2, 0.25) is 0 Å². The van der Waals surface area contributed by atoms with E-state index in [1.165, 1.54) is 22.3 Å². The van der Waals surface area contributed by atoms with Gasteiger partial charge < -0.3 is 9.64 Å². The molecule has 1 aromatic rings. The first-order chi connectivity index (χ1) is 13.3. The van der Waals surface area contributed by atoms with Crippen LogP contribution in [0.2, 0.25) is 0 Å². The highest BCUT2D eigenvalue weighted by Gasteiger charge is 2.22.